The van der Waals surface area contributed by atoms with Crippen LogP contribution in [0.15, 0.2) is 36.7 Å². The number of rotatable bonds is 4. The fourth-order valence-corrected chi connectivity index (χ4v) is 1.56. The van der Waals surface area contributed by atoms with Gasteiger partial charge in [0.2, 0.25) is 0 Å². The lowest BCUT2D eigenvalue weighted by Gasteiger charge is -2.06. The zero-order chi connectivity index (χ0) is 12.1. The Morgan fingerprint density at radius 2 is 1.71 bits per heavy atom. The number of aliphatic hydroxyl groups is 1. The van der Waals surface area contributed by atoms with Gasteiger partial charge >= 0.3 is 0 Å². The van der Waals surface area contributed by atoms with Gasteiger partial charge in [-0.25, -0.2) is 9.97 Å². The van der Waals surface area contributed by atoms with Crippen LogP contribution in [0.1, 0.15) is 11.1 Å². The molecule has 0 saturated carbocycles. The van der Waals surface area contributed by atoms with E-state index in [0.29, 0.717) is 17.5 Å². The van der Waals surface area contributed by atoms with Gasteiger partial charge in [0.25, 0.3) is 0 Å². The maximum atomic E-state index is 8.92. The summed E-state index contributed by atoms with van der Waals surface area (Å²) in [4.78, 5) is 8.01. The van der Waals surface area contributed by atoms with Crippen molar-refractivity contribution >= 4 is 17.4 Å². The predicted octanol–water partition coefficient (Wildman–Crippen LogP) is 2.23. The molecule has 5 heteroatoms. The molecule has 0 fully saturated rings. The second-order valence-electron chi connectivity index (χ2n) is 3.52. The number of aromatic nitrogens is 2. The van der Waals surface area contributed by atoms with E-state index in [1.54, 1.807) is 12.4 Å². The van der Waals surface area contributed by atoms with Gasteiger partial charge in [-0.2, -0.15) is 0 Å². The lowest BCUT2D eigenvalue weighted by molar-refractivity contribution is 0.282. The van der Waals surface area contributed by atoms with E-state index in [9.17, 15) is 0 Å². The fourth-order valence-electron chi connectivity index (χ4n) is 1.39. The van der Waals surface area contributed by atoms with Crippen LogP contribution in [-0.2, 0) is 13.2 Å². The normalized spacial score (nSPS) is 10.2. The number of nitrogens with one attached hydrogen (secondary N) is 1. The summed E-state index contributed by atoms with van der Waals surface area (Å²) >= 11 is 5.87. The number of hydrogen-bond acceptors (Lipinski definition) is 4. The van der Waals surface area contributed by atoms with E-state index >= 15 is 0 Å². The molecule has 17 heavy (non-hydrogen) atoms. The van der Waals surface area contributed by atoms with Crippen molar-refractivity contribution in [1.82, 2.24) is 9.97 Å². The van der Waals surface area contributed by atoms with Crippen molar-refractivity contribution in [3.05, 3.63) is 52.9 Å². The van der Waals surface area contributed by atoms with Gasteiger partial charge in [0.05, 0.1) is 6.61 Å². The Balaban J connectivity index is 2.00. The van der Waals surface area contributed by atoms with Crippen LogP contribution in [0.4, 0.5) is 5.82 Å². The fraction of sp³-hybridized carbons (Fsp3) is 0.167. The van der Waals surface area contributed by atoms with Crippen molar-refractivity contribution in [2.45, 2.75) is 13.2 Å². The van der Waals surface area contributed by atoms with Crippen LogP contribution in [0.25, 0.3) is 0 Å². The molecule has 0 radical (unpaired) electrons. The van der Waals surface area contributed by atoms with Gasteiger partial charge in [-0.1, -0.05) is 35.9 Å². The van der Waals surface area contributed by atoms with Gasteiger partial charge in [0, 0.05) is 18.9 Å². The molecule has 0 bridgehead atoms. The maximum absolute atomic E-state index is 8.92. The molecule has 1 heterocycles. The van der Waals surface area contributed by atoms with E-state index in [2.05, 4.69) is 15.3 Å². The van der Waals surface area contributed by atoms with Gasteiger partial charge < -0.3 is 10.4 Å². The molecule has 0 amide bonds. The lowest BCUT2D eigenvalue weighted by atomic mass is 10.1. The summed E-state index contributed by atoms with van der Waals surface area (Å²) in [6.45, 7) is 0.674. The van der Waals surface area contributed by atoms with Gasteiger partial charge in [-0.15, -0.1) is 0 Å². The summed E-state index contributed by atoms with van der Waals surface area (Å²) in [6, 6.07) is 7.66. The Hall–Kier alpha value is -1.65. The first-order chi connectivity index (χ1) is 8.29. The lowest BCUT2D eigenvalue weighted by Crippen LogP contribution is -2.02. The Morgan fingerprint density at radius 3 is 2.35 bits per heavy atom. The summed E-state index contributed by atoms with van der Waals surface area (Å²) < 4.78 is 0. The number of anilines is 1. The zero-order valence-electron chi connectivity index (χ0n) is 9.10. The molecule has 0 saturated heterocycles. The largest absolute Gasteiger partial charge is 0.392 e. The second-order valence-corrected chi connectivity index (χ2v) is 3.88. The minimum absolute atomic E-state index is 0.0592. The molecular weight excluding hydrogens is 238 g/mol. The van der Waals surface area contributed by atoms with E-state index in [1.807, 2.05) is 24.3 Å². The molecule has 0 aliphatic rings. The molecule has 0 spiro atoms. The van der Waals surface area contributed by atoms with Gasteiger partial charge in [-0.05, 0) is 11.1 Å². The highest BCUT2D eigenvalue weighted by atomic mass is 35.5. The Kier molecular flexibility index (Phi) is 3.90. The smallest absolute Gasteiger partial charge is 0.171 e. The number of nitrogens with zero attached hydrogens (tertiary/aromatic N) is 2. The summed E-state index contributed by atoms with van der Waals surface area (Å²) in [5.41, 5.74) is 1.98. The van der Waals surface area contributed by atoms with E-state index < -0.39 is 0 Å². The van der Waals surface area contributed by atoms with Gasteiger partial charge in [0.15, 0.2) is 11.0 Å². The molecule has 0 atom stereocenters. The minimum Gasteiger partial charge on any atom is -0.392 e. The van der Waals surface area contributed by atoms with Crippen molar-refractivity contribution in [2.24, 2.45) is 0 Å². The molecule has 0 aliphatic carbocycles. The molecule has 4 nitrogen and oxygen atoms in total. The highest BCUT2D eigenvalue weighted by Gasteiger charge is 2.01. The summed E-state index contributed by atoms with van der Waals surface area (Å²) in [7, 11) is 0. The molecule has 1 aromatic carbocycles. The van der Waals surface area contributed by atoms with Crippen LogP contribution in [0, 0.1) is 0 Å². The monoisotopic (exact) mass is 249 g/mol. The van der Waals surface area contributed by atoms with Crippen LogP contribution in [0.3, 0.4) is 0 Å². The van der Waals surface area contributed by atoms with Crippen molar-refractivity contribution in [2.75, 3.05) is 5.32 Å². The third-order valence-electron chi connectivity index (χ3n) is 2.32. The van der Waals surface area contributed by atoms with E-state index in [4.69, 9.17) is 16.7 Å². The number of benzene rings is 1. The average Bonchev–Trinajstić information content (AvgIpc) is 2.38. The maximum Gasteiger partial charge on any atom is 0.171 e. The molecule has 1 aromatic heterocycles. The van der Waals surface area contributed by atoms with E-state index in [0.717, 1.165) is 11.1 Å². The third-order valence-corrected chi connectivity index (χ3v) is 2.60. The molecule has 0 unspecified atom stereocenters. The highest BCUT2D eigenvalue weighted by molar-refractivity contribution is 6.31. The van der Waals surface area contributed by atoms with Crippen LogP contribution in [0.2, 0.25) is 5.15 Å². The van der Waals surface area contributed by atoms with Crippen LogP contribution >= 0.6 is 11.6 Å². The van der Waals surface area contributed by atoms with E-state index in [1.165, 1.54) is 0 Å². The van der Waals surface area contributed by atoms with Crippen molar-refractivity contribution < 1.29 is 5.11 Å². The first-order valence-corrected chi connectivity index (χ1v) is 5.56. The van der Waals surface area contributed by atoms with Crippen molar-refractivity contribution in [3.8, 4) is 0 Å². The molecular formula is C12H12ClN3O. The Labute approximate surface area is 104 Å². The third kappa shape index (κ3) is 3.15. The van der Waals surface area contributed by atoms with E-state index in [-0.39, 0.29) is 6.61 Å². The first-order valence-electron chi connectivity index (χ1n) is 5.18. The molecule has 2 N–H and O–H groups in total. The molecule has 88 valence electrons. The summed E-state index contributed by atoms with van der Waals surface area (Å²) in [5.74, 6) is 0.570. The minimum atomic E-state index is 0.0592. The van der Waals surface area contributed by atoms with Crippen molar-refractivity contribution in [1.29, 1.82) is 0 Å². The van der Waals surface area contributed by atoms with Crippen LogP contribution in [0.5, 0.6) is 0 Å². The summed E-state index contributed by atoms with van der Waals surface area (Å²) in [6.07, 6.45) is 3.13. The average molecular weight is 250 g/mol. The molecule has 0 aliphatic heterocycles. The first kappa shape index (κ1) is 11.8. The van der Waals surface area contributed by atoms with Crippen LogP contribution < -0.4 is 5.32 Å². The quantitative estimate of drug-likeness (QED) is 0.873. The molecule has 2 rings (SSSR count). The zero-order valence-corrected chi connectivity index (χ0v) is 9.85. The Bertz CT molecular complexity index is 487. The van der Waals surface area contributed by atoms with Gasteiger partial charge in [-0.3, -0.25) is 0 Å². The topological polar surface area (TPSA) is 58.0 Å². The number of hydrogen-bond donors (Lipinski definition) is 2. The Morgan fingerprint density at radius 1 is 1.06 bits per heavy atom. The SMILES string of the molecule is OCc1ccc(CNc2nccnc2Cl)cc1. The number of halogens is 1. The van der Waals surface area contributed by atoms with Crippen molar-refractivity contribution in [3.63, 3.8) is 0 Å². The predicted molar refractivity (Wildman–Crippen MR) is 66.7 cm³/mol. The summed E-state index contributed by atoms with van der Waals surface area (Å²) in [5, 5.41) is 12.4. The van der Waals surface area contributed by atoms with Gasteiger partial charge in [0.1, 0.15) is 0 Å². The highest BCUT2D eigenvalue weighted by Crippen LogP contribution is 2.15. The van der Waals surface area contributed by atoms with Crippen LogP contribution in [-0.4, -0.2) is 15.1 Å². The second kappa shape index (κ2) is 5.61. The molecule has 2 aromatic rings. The number of aliphatic hydroxyl groups excluding tert-OH is 1. The standard InChI is InChI=1S/C12H12ClN3O/c13-11-12(15-6-5-14-11)16-7-9-1-3-10(8-17)4-2-9/h1-6,17H,7-8H2,(H,15,16).